The fraction of sp³-hybridized carbons (Fsp3) is 0.154. The molecule has 0 atom stereocenters. The molecule has 114 valence electrons. The molecule has 0 radical (unpaired) electrons. The number of benzene rings is 1. The second-order valence-electron chi connectivity index (χ2n) is 4.30. The highest BCUT2D eigenvalue weighted by atomic mass is 16.6. The first-order chi connectivity index (χ1) is 10.6. The van der Waals surface area contributed by atoms with Gasteiger partial charge in [-0.2, -0.15) is 0 Å². The molecule has 0 fully saturated rings. The number of nitrogens with zero attached hydrogens (tertiary/aromatic N) is 3. The van der Waals surface area contributed by atoms with Gasteiger partial charge in [0.2, 0.25) is 5.91 Å². The molecule has 0 spiro atoms. The van der Waals surface area contributed by atoms with E-state index in [9.17, 15) is 14.9 Å². The molecule has 22 heavy (non-hydrogen) atoms. The largest absolute Gasteiger partial charge is 0.378 e. The Kier molecular flexibility index (Phi) is 4.81. The van der Waals surface area contributed by atoms with E-state index in [2.05, 4.69) is 20.6 Å². The lowest BCUT2D eigenvalue weighted by atomic mass is 10.1. The van der Waals surface area contributed by atoms with Crippen LogP contribution in [0.1, 0.15) is 10.4 Å². The van der Waals surface area contributed by atoms with Crippen molar-refractivity contribution in [2.24, 2.45) is 5.73 Å². The van der Waals surface area contributed by atoms with Crippen LogP contribution in [0.25, 0.3) is 0 Å². The molecule has 1 aromatic heterocycles. The van der Waals surface area contributed by atoms with Gasteiger partial charge >= 0.3 is 0 Å². The third kappa shape index (κ3) is 3.88. The lowest BCUT2D eigenvalue weighted by Crippen LogP contribution is -2.16. The maximum Gasteiger partial charge on any atom is 0.293 e. The summed E-state index contributed by atoms with van der Waals surface area (Å²) in [5.74, 6) is -0.0955. The van der Waals surface area contributed by atoms with Crippen molar-refractivity contribution in [1.82, 2.24) is 9.97 Å². The Bertz CT molecular complexity index is 677. The Hall–Kier alpha value is -3.23. The molecule has 1 amide bonds. The van der Waals surface area contributed by atoms with Crippen molar-refractivity contribution in [2.45, 2.75) is 0 Å². The number of anilines is 2. The number of primary amides is 1. The van der Waals surface area contributed by atoms with E-state index in [0.29, 0.717) is 24.6 Å². The highest BCUT2D eigenvalue weighted by Gasteiger charge is 2.16. The van der Waals surface area contributed by atoms with Crippen molar-refractivity contribution >= 4 is 23.1 Å². The number of carbonyl (C=O) groups excluding carboxylic acids is 1. The molecule has 1 aromatic carbocycles. The lowest BCUT2D eigenvalue weighted by molar-refractivity contribution is -0.384. The molecule has 2 rings (SSSR count). The van der Waals surface area contributed by atoms with Crippen LogP contribution < -0.4 is 16.4 Å². The highest BCUT2D eigenvalue weighted by molar-refractivity contribution is 5.94. The molecule has 0 aliphatic rings. The molecule has 0 aliphatic heterocycles. The normalized spacial score (nSPS) is 10.0. The van der Waals surface area contributed by atoms with Gasteiger partial charge in [-0.25, -0.2) is 4.98 Å². The number of nitro groups is 1. The number of nitrogens with one attached hydrogen (secondary N) is 2. The van der Waals surface area contributed by atoms with Crippen molar-refractivity contribution in [3.8, 4) is 0 Å². The van der Waals surface area contributed by atoms with Crippen molar-refractivity contribution in [3.05, 3.63) is 52.5 Å². The van der Waals surface area contributed by atoms with Crippen LogP contribution in [-0.2, 0) is 0 Å². The summed E-state index contributed by atoms with van der Waals surface area (Å²) in [5, 5.41) is 17.0. The molecule has 4 N–H and O–H groups in total. The summed E-state index contributed by atoms with van der Waals surface area (Å²) in [6, 6.07) is 4.05. The van der Waals surface area contributed by atoms with Gasteiger partial charge < -0.3 is 16.4 Å². The third-order valence-electron chi connectivity index (χ3n) is 2.79. The number of amides is 1. The maximum atomic E-state index is 11.1. The second-order valence-corrected chi connectivity index (χ2v) is 4.30. The summed E-state index contributed by atoms with van der Waals surface area (Å²) in [7, 11) is 0. The van der Waals surface area contributed by atoms with Crippen LogP contribution in [0.15, 0.2) is 36.8 Å². The lowest BCUT2D eigenvalue weighted by Gasteiger charge is -2.09. The van der Waals surface area contributed by atoms with Crippen LogP contribution in [-0.4, -0.2) is 33.9 Å². The summed E-state index contributed by atoms with van der Waals surface area (Å²) < 4.78 is 0. The number of nitrogens with two attached hydrogens (primary N) is 1. The van der Waals surface area contributed by atoms with Gasteiger partial charge in [0, 0.05) is 37.1 Å². The average molecular weight is 302 g/mol. The zero-order chi connectivity index (χ0) is 15.9. The van der Waals surface area contributed by atoms with Gasteiger partial charge in [0.05, 0.1) is 11.1 Å². The van der Waals surface area contributed by atoms with Crippen molar-refractivity contribution in [1.29, 1.82) is 0 Å². The number of carbonyl (C=O) groups is 1. The van der Waals surface area contributed by atoms with Crippen molar-refractivity contribution in [2.75, 3.05) is 23.7 Å². The molecular formula is C13H14N6O3. The van der Waals surface area contributed by atoms with E-state index < -0.39 is 10.8 Å². The summed E-state index contributed by atoms with van der Waals surface area (Å²) in [5.41, 5.74) is 5.32. The predicted octanol–water partition coefficient (Wildman–Crippen LogP) is 1.01. The molecule has 1 heterocycles. The van der Waals surface area contributed by atoms with E-state index in [1.807, 2.05) is 0 Å². The number of rotatable bonds is 7. The molecule has 0 saturated heterocycles. The van der Waals surface area contributed by atoms with Gasteiger partial charge in [0.1, 0.15) is 11.5 Å². The summed E-state index contributed by atoms with van der Waals surface area (Å²) in [4.78, 5) is 29.5. The van der Waals surface area contributed by atoms with Crippen molar-refractivity contribution in [3.63, 3.8) is 0 Å². The molecule has 0 aliphatic carbocycles. The molecule has 9 heteroatoms. The van der Waals surface area contributed by atoms with E-state index in [-0.39, 0.29) is 11.3 Å². The van der Waals surface area contributed by atoms with Crippen LogP contribution in [0.5, 0.6) is 0 Å². The third-order valence-corrected chi connectivity index (χ3v) is 2.79. The second kappa shape index (κ2) is 6.97. The summed E-state index contributed by atoms with van der Waals surface area (Å²) in [6.07, 6.45) is 4.69. The van der Waals surface area contributed by atoms with E-state index >= 15 is 0 Å². The molecule has 2 aromatic rings. The number of aromatic nitrogens is 2. The van der Waals surface area contributed by atoms with Gasteiger partial charge in [0.25, 0.3) is 5.69 Å². The first kappa shape index (κ1) is 15.2. The van der Waals surface area contributed by atoms with Crippen molar-refractivity contribution < 1.29 is 9.72 Å². The summed E-state index contributed by atoms with van der Waals surface area (Å²) in [6.45, 7) is 0.917. The average Bonchev–Trinajstić information content (AvgIpc) is 2.52. The molecule has 0 saturated carbocycles. The minimum atomic E-state index is -0.709. The van der Waals surface area contributed by atoms with Crippen LogP contribution in [0.4, 0.5) is 17.2 Å². The van der Waals surface area contributed by atoms with Gasteiger partial charge in [0.15, 0.2) is 0 Å². The number of hydrogen-bond donors (Lipinski definition) is 3. The maximum absolute atomic E-state index is 11.1. The van der Waals surface area contributed by atoms with Gasteiger partial charge in [-0.05, 0) is 12.1 Å². The number of hydrogen-bond acceptors (Lipinski definition) is 7. The molecule has 9 nitrogen and oxygen atoms in total. The van der Waals surface area contributed by atoms with Gasteiger partial charge in [-0.15, -0.1) is 0 Å². The Labute approximate surface area is 125 Å². The first-order valence-corrected chi connectivity index (χ1v) is 6.40. The highest BCUT2D eigenvalue weighted by Crippen LogP contribution is 2.25. The molecule has 0 unspecified atom stereocenters. The van der Waals surface area contributed by atoms with E-state index in [1.165, 1.54) is 12.1 Å². The SMILES string of the molecule is NC(=O)c1ccc(NCCNc2cnccn2)c([N+](=O)[O-])c1. The Morgan fingerprint density at radius 2 is 2.05 bits per heavy atom. The minimum Gasteiger partial charge on any atom is -0.378 e. The van der Waals surface area contributed by atoms with Crippen LogP contribution >= 0.6 is 0 Å². The standard InChI is InChI=1S/C13H14N6O3/c14-13(20)9-1-2-10(11(7-9)19(21)22)16-5-6-18-12-8-15-3-4-17-12/h1-4,7-8,16H,5-6H2,(H2,14,20)(H,17,18). The van der Waals surface area contributed by atoms with Crippen LogP contribution in [0.2, 0.25) is 0 Å². The van der Waals surface area contributed by atoms with Crippen LogP contribution in [0.3, 0.4) is 0 Å². The van der Waals surface area contributed by atoms with E-state index in [4.69, 9.17) is 5.73 Å². The number of nitro benzene ring substituents is 1. The van der Waals surface area contributed by atoms with E-state index in [0.717, 1.165) is 6.07 Å². The molecular weight excluding hydrogens is 288 g/mol. The Morgan fingerprint density at radius 3 is 2.68 bits per heavy atom. The zero-order valence-electron chi connectivity index (χ0n) is 11.5. The quantitative estimate of drug-likeness (QED) is 0.394. The fourth-order valence-electron chi connectivity index (χ4n) is 1.76. The van der Waals surface area contributed by atoms with Gasteiger partial charge in [-0.3, -0.25) is 19.9 Å². The van der Waals surface area contributed by atoms with Gasteiger partial charge in [-0.1, -0.05) is 0 Å². The smallest absolute Gasteiger partial charge is 0.293 e. The Balaban J connectivity index is 1.97. The zero-order valence-corrected chi connectivity index (χ0v) is 11.5. The van der Waals surface area contributed by atoms with E-state index in [1.54, 1.807) is 18.6 Å². The summed E-state index contributed by atoms with van der Waals surface area (Å²) >= 11 is 0. The minimum absolute atomic E-state index is 0.0925. The first-order valence-electron chi connectivity index (χ1n) is 6.40. The topological polar surface area (TPSA) is 136 Å². The Morgan fingerprint density at radius 1 is 1.27 bits per heavy atom. The predicted molar refractivity (Wildman–Crippen MR) is 80.6 cm³/mol. The monoisotopic (exact) mass is 302 g/mol. The fourth-order valence-corrected chi connectivity index (χ4v) is 1.76. The molecule has 0 bridgehead atoms. The van der Waals surface area contributed by atoms with Crippen LogP contribution in [0, 0.1) is 10.1 Å².